The Morgan fingerprint density at radius 3 is 2.44 bits per heavy atom. The van der Waals surface area contributed by atoms with Crippen molar-refractivity contribution >= 4 is 17.5 Å². The zero-order chi connectivity index (χ0) is 22.6. The molecule has 0 amide bonds. The number of ether oxygens (including phenoxy) is 1. The highest BCUT2D eigenvalue weighted by Gasteiger charge is 2.31. The zero-order valence-electron chi connectivity index (χ0n) is 17.1. The van der Waals surface area contributed by atoms with E-state index in [0.29, 0.717) is 23.0 Å². The fourth-order valence-electron chi connectivity index (χ4n) is 3.71. The van der Waals surface area contributed by atoms with Crippen LogP contribution in [-0.2, 0) is 0 Å². The van der Waals surface area contributed by atoms with E-state index >= 15 is 0 Å². The standard InChI is InChI=1S/C23H22F4N4O/c24-18-11-4-5-12-19(18)29-21-14-20(15-7-6-10-17(13-15)32-23(25,26)27)30-22(31-21)28-16-8-2-1-3-9-16/h4-7,10-14,16H,1-3,8-9H2,(H2,28,29,30,31). The second-order valence-corrected chi connectivity index (χ2v) is 7.62. The Morgan fingerprint density at radius 2 is 1.69 bits per heavy atom. The molecule has 2 N–H and O–H groups in total. The minimum Gasteiger partial charge on any atom is -0.406 e. The van der Waals surface area contributed by atoms with Crippen LogP contribution in [0, 0.1) is 5.82 Å². The Balaban J connectivity index is 1.68. The van der Waals surface area contributed by atoms with Crippen molar-refractivity contribution in [2.24, 2.45) is 0 Å². The summed E-state index contributed by atoms with van der Waals surface area (Å²) in [5.41, 5.74) is 1.03. The van der Waals surface area contributed by atoms with Crippen LogP contribution in [0.25, 0.3) is 11.3 Å². The lowest BCUT2D eigenvalue weighted by Gasteiger charge is -2.23. The first kappa shape index (κ1) is 21.9. The van der Waals surface area contributed by atoms with Gasteiger partial charge in [0.25, 0.3) is 0 Å². The van der Waals surface area contributed by atoms with E-state index in [0.717, 1.165) is 25.7 Å². The van der Waals surface area contributed by atoms with Gasteiger partial charge >= 0.3 is 6.36 Å². The molecule has 0 saturated heterocycles. The minimum atomic E-state index is -4.80. The van der Waals surface area contributed by atoms with Gasteiger partial charge in [-0.1, -0.05) is 43.5 Å². The van der Waals surface area contributed by atoms with Crippen molar-refractivity contribution in [3.63, 3.8) is 0 Å². The molecule has 4 rings (SSSR count). The van der Waals surface area contributed by atoms with E-state index in [1.807, 2.05) is 0 Å². The fraction of sp³-hybridized carbons (Fsp3) is 0.304. The lowest BCUT2D eigenvalue weighted by molar-refractivity contribution is -0.274. The van der Waals surface area contributed by atoms with Gasteiger partial charge in [-0.25, -0.2) is 9.37 Å². The molecule has 5 nitrogen and oxygen atoms in total. The maximum absolute atomic E-state index is 14.1. The van der Waals surface area contributed by atoms with Gasteiger partial charge in [0.1, 0.15) is 17.4 Å². The van der Waals surface area contributed by atoms with Crippen molar-refractivity contribution in [1.29, 1.82) is 0 Å². The van der Waals surface area contributed by atoms with Crippen LogP contribution in [-0.4, -0.2) is 22.4 Å². The Bertz CT molecular complexity index is 1070. The summed E-state index contributed by atoms with van der Waals surface area (Å²) in [6.45, 7) is 0. The van der Waals surface area contributed by atoms with Crippen LogP contribution in [0.3, 0.4) is 0 Å². The molecule has 0 unspecified atom stereocenters. The number of nitrogens with one attached hydrogen (secondary N) is 2. The smallest absolute Gasteiger partial charge is 0.406 e. The normalized spacial score (nSPS) is 14.8. The lowest BCUT2D eigenvalue weighted by atomic mass is 9.96. The summed E-state index contributed by atoms with van der Waals surface area (Å²) in [6, 6.07) is 13.5. The minimum absolute atomic E-state index is 0.209. The first-order valence-corrected chi connectivity index (χ1v) is 10.4. The van der Waals surface area contributed by atoms with Crippen LogP contribution in [0.15, 0.2) is 54.6 Å². The molecule has 1 aromatic heterocycles. The number of anilines is 3. The second-order valence-electron chi connectivity index (χ2n) is 7.62. The van der Waals surface area contributed by atoms with Crippen LogP contribution in [0.4, 0.5) is 35.0 Å². The Hall–Kier alpha value is -3.36. The van der Waals surface area contributed by atoms with Crippen molar-refractivity contribution in [1.82, 2.24) is 9.97 Å². The van der Waals surface area contributed by atoms with Crippen molar-refractivity contribution < 1.29 is 22.3 Å². The van der Waals surface area contributed by atoms with E-state index in [9.17, 15) is 17.6 Å². The van der Waals surface area contributed by atoms with Crippen molar-refractivity contribution in [3.8, 4) is 17.0 Å². The Morgan fingerprint density at radius 1 is 0.906 bits per heavy atom. The van der Waals surface area contributed by atoms with E-state index in [2.05, 4.69) is 25.3 Å². The molecule has 9 heteroatoms. The van der Waals surface area contributed by atoms with Gasteiger partial charge in [-0.05, 0) is 37.1 Å². The van der Waals surface area contributed by atoms with Crippen LogP contribution < -0.4 is 15.4 Å². The number of nitrogens with zero attached hydrogens (tertiary/aromatic N) is 2. The fourth-order valence-corrected chi connectivity index (χ4v) is 3.71. The SMILES string of the molecule is Fc1ccccc1Nc1cc(-c2cccc(OC(F)(F)F)c2)nc(NC2CCCCC2)n1. The summed E-state index contributed by atoms with van der Waals surface area (Å²) in [6.07, 6.45) is 0.570. The van der Waals surface area contributed by atoms with E-state index in [1.54, 1.807) is 30.3 Å². The van der Waals surface area contributed by atoms with Crippen molar-refractivity contribution in [2.75, 3.05) is 10.6 Å². The number of para-hydroxylation sites is 1. The molecule has 1 fully saturated rings. The maximum Gasteiger partial charge on any atom is 0.573 e. The quantitative estimate of drug-likeness (QED) is 0.414. The average Bonchev–Trinajstić information content (AvgIpc) is 2.75. The summed E-state index contributed by atoms with van der Waals surface area (Å²) in [5, 5.41) is 6.25. The number of aromatic nitrogens is 2. The molecule has 1 aliphatic rings. The van der Waals surface area contributed by atoms with Gasteiger partial charge in [-0.3, -0.25) is 0 Å². The summed E-state index contributed by atoms with van der Waals surface area (Å²) < 4.78 is 56.1. The first-order chi connectivity index (χ1) is 15.4. The highest BCUT2D eigenvalue weighted by molar-refractivity contribution is 5.68. The molecule has 32 heavy (non-hydrogen) atoms. The predicted octanol–water partition coefficient (Wildman–Crippen LogP) is 6.67. The summed E-state index contributed by atoms with van der Waals surface area (Å²) in [4.78, 5) is 8.97. The zero-order valence-corrected chi connectivity index (χ0v) is 17.1. The number of benzene rings is 2. The predicted molar refractivity (Wildman–Crippen MR) is 114 cm³/mol. The Kier molecular flexibility index (Phi) is 6.43. The third-order valence-electron chi connectivity index (χ3n) is 5.16. The Labute approximate surface area is 182 Å². The average molecular weight is 446 g/mol. The molecular weight excluding hydrogens is 424 g/mol. The van der Waals surface area contributed by atoms with Crippen LogP contribution in [0.5, 0.6) is 5.75 Å². The van der Waals surface area contributed by atoms with Crippen molar-refractivity contribution in [2.45, 2.75) is 44.5 Å². The van der Waals surface area contributed by atoms with E-state index in [-0.39, 0.29) is 17.5 Å². The molecule has 1 aliphatic carbocycles. The first-order valence-electron chi connectivity index (χ1n) is 10.4. The van der Waals surface area contributed by atoms with Gasteiger partial charge in [-0.2, -0.15) is 4.98 Å². The van der Waals surface area contributed by atoms with E-state index in [4.69, 9.17) is 0 Å². The highest BCUT2D eigenvalue weighted by atomic mass is 19.4. The van der Waals surface area contributed by atoms with E-state index in [1.165, 1.54) is 30.7 Å². The van der Waals surface area contributed by atoms with Gasteiger partial charge in [0.15, 0.2) is 0 Å². The molecule has 0 bridgehead atoms. The highest BCUT2D eigenvalue weighted by Crippen LogP contribution is 2.30. The maximum atomic E-state index is 14.1. The number of halogens is 4. The number of rotatable bonds is 6. The largest absolute Gasteiger partial charge is 0.573 e. The molecule has 0 spiro atoms. The van der Waals surface area contributed by atoms with Crippen molar-refractivity contribution in [3.05, 3.63) is 60.4 Å². The molecule has 1 heterocycles. The molecule has 0 aliphatic heterocycles. The van der Waals surface area contributed by atoms with Gasteiger partial charge in [-0.15, -0.1) is 13.2 Å². The van der Waals surface area contributed by atoms with E-state index < -0.39 is 12.2 Å². The molecule has 1 saturated carbocycles. The number of hydrogen-bond acceptors (Lipinski definition) is 5. The molecule has 0 radical (unpaired) electrons. The molecule has 2 aromatic carbocycles. The number of hydrogen-bond donors (Lipinski definition) is 2. The van der Waals surface area contributed by atoms with Crippen LogP contribution in [0.2, 0.25) is 0 Å². The molecule has 168 valence electrons. The molecule has 0 atom stereocenters. The molecular formula is C23H22F4N4O. The molecule has 3 aromatic rings. The van der Waals surface area contributed by atoms with Gasteiger partial charge in [0.2, 0.25) is 5.95 Å². The van der Waals surface area contributed by atoms with Crippen LogP contribution in [0.1, 0.15) is 32.1 Å². The summed E-state index contributed by atoms with van der Waals surface area (Å²) >= 11 is 0. The summed E-state index contributed by atoms with van der Waals surface area (Å²) in [7, 11) is 0. The van der Waals surface area contributed by atoms with Crippen LogP contribution >= 0.6 is 0 Å². The third-order valence-corrected chi connectivity index (χ3v) is 5.16. The third kappa shape index (κ3) is 5.87. The topological polar surface area (TPSA) is 59.1 Å². The second kappa shape index (κ2) is 9.42. The lowest BCUT2D eigenvalue weighted by Crippen LogP contribution is -2.23. The number of alkyl halides is 3. The van der Waals surface area contributed by atoms with Gasteiger partial charge < -0.3 is 15.4 Å². The monoisotopic (exact) mass is 446 g/mol. The van der Waals surface area contributed by atoms with Gasteiger partial charge in [0.05, 0.1) is 11.4 Å². The van der Waals surface area contributed by atoms with Gasteiger partial charge in [0, 0.05) is 17.7 Å². The summed E-state index contributed by atoms with van der Waals surface area (Å²) in [5.74, 6) is -0.148.